The molecule has 5 nitrogen and oxygen atoms in total. The molecule has 1 saturated heterocycles. The second kappa shape index (κ2) is 4.26. The van der Waals surface area contributed by atoms with E-state index in [0.29, 0.717) is 6.42 Å². The van der Waals surface area contributed by atoms with Crippen LogP contribution in [0.4, 0.5) is 0 Å². The summed E-state index contributed by atoms with van der Waals surface area (Å²) >= 11 is 0. The van der Waals surface area contributed by atoms with Gasteiger partial charge in [0.05, 0.1) is 6.04 Å². The number of carbonyl (C=O) groups excluding carboxylic acids is 1. The third-order valence-electron chi connectivity index (χ3n) is 3.57. The molecule has 0 saturated carbocycles. The van der Waals surface area contributed by atoms with Crippen LogP contribution in [0.15, 0.2) is 24.3 Å². The minimum absolute atomic E-state index is 0.169. The maximum Gasteiger partial charge on any atom is 0.257 e. The first kappa shape index (κ1) is 12.9. The molecule has 0 radical (unpaired) electrons. The second-order valence-corrected chi connectivity index (χ2v) is 4.95. The third kappa shape index (κ3) is 1.95. The Morgan fingerprint density at radius 1 is 1.33 bits per heavy atom. The van der Waals surface area contributed by atoms with E-state index in [1.807, 2.05) is 0 Å². The van der Waals surface area contributed by atoms with Gasteiger partial charge in [0.2, 0.25) is 0 Å². The van der Waals surface area contributed by atoms with Gasteiger partial charge in [0.15, 0.2) is 5.60 Å². The van der Waals surface area contributed by atoms with Crippen LogP contribution in [-0.2, 0) is 11.2 Å². The van der Waals surface area contributed by atoms with Crippen molar-refractivity contribution in [1.82, 2.24) is 4.90 Å². The van der Waals surface area contributed by atoms with E-state index in [1.165, 1.54) is 11.8 Å². The van der Waals surface area contributed by atoms with Crippen molar-refractivity contribution >= 4 is 5.91 Å². The van der Waals surface area contributed by atoms with E-state index < -0.39 is 23.7 Å². The summed E-state index contributed by atoms with van der Waals surface area (Å²) in [5.41, 5.74) is -0.842. The van der Waals surface area contributed by atoms with Gasteiger partial charge in [0.1, 0.15) is 11.9 Å². The number of likely N-dealkylation sites (N-methyl/N-ethyl adjacent to an activating group) is 1. The van der Waals surface area contributed by atoms with E-state index in [2.05, 4.69) is 0 Å². The van der Waals surface area contributed by atoms with Gasteiger partial charge in [-0.3, -0.25) is 4.79 Å². The molecule has 18 heavy (non-hydrogen) atoms. The highest BCUT2D eigenvalue weighted by Crippen LogP contribution is 2.29. The molecule has 3 N–H and O–H groups in total. The summed E-state index contributed by atoms with van der Waals surface area (Å²) in [5, 5.41) is 29.1. The number of likely N-dealkylation sites (tertiary alicyclic amines) is 1. The van der Waals surface area contributed by atoms with Gasteiger partial charge < -0.3 is 20.2 Å². The third-order valence-corrected chi connectivity index (χ3v) is 3.57. The maximum absolute atomic E-state index is 11.8. The number of rotatable bonds is 2. The average molecular weight is 251 g/mol. The zero-order valence-electron chi connectivity index (χ0n) is 10.4. The summed E-state index contributed by atoms with van der Waals surface area (Å²) < 4.78 is 0. The van der Waals surface area contributed by atoms with Crippen molar-refractivity contribution in [3.05, 3.63) is 29.8 Å². The molecule has 1 fully saturated rings. The minimum Gasteiger partial charge on any atom is -0.508 e. The quantitative estimate of drug-likeness (QED) is 0.685. The van der Waals surface area contributed by atoms with Crippen LogP contribution in [0.5, 0.6) is 5.75 Å². The monoisotopic (exact) mass is 251 g/mol. The fourth-order valence-electron chi connectivity index (χ4n) is 2.34. The van der Waals surface area contributed by atoms with Crippen LogP contribution in [0.25, 0.3) is 0 Å². The Balaban J connectivity index is 2.19. The van der Waals surface area contributed by atoms with Crippen LogP contribution in [0.1, 0.15) is 12.5 Å². The molecule has 0 aliphatic carbocycles. The average Bonchev–Trinajstić information content (AvgIpc) is 2.47. The highest BCUT2D eigenvalue weighted by Gasteiger charge is 2.53. The lowest BCUT2D eigenvalue weighted by atomic mass is 9.94. The molecule has 3 atom stereocenters. The molecule has 0 unspecified atom stereocenters. The molecule has 5 heteroatoms. The lowest BCUT2D eigenvalue weighted by Crippen LogP contribution is -2.43. The Morgan fingerprint density at radius 2 is 1.89 bits per heavy atom. The fraction of sp³-hybridized carbons (Fsp3) is 0.462. The van der Waals surface area contributed by atoms with E-state index >= 15 is 0 Å². The highest BCUT2D eigenvalue weighted by atomic mass is 16.4. The number of amides is 1. The zero-order valence-corrected chi connectivity index (χ0v) is 10.4. The van der Waals surface area contributed by atoms with E-state index in [1.54, 1.807) is 31.3 Å². The molecule has 2 rings (SSSR count). The van der Waals surface area contributed by atoms with Crippen molar-refractivity contribution in [3.63, 3.8) is 0 Å². The molecule has 1 aromatic carbocycles. The van der Waals surface area contributed by atoms with Crippen LogP contribution < -0.4 is 0 Å². The highest BCUT2D eigenvalue weighted by molar-refractivity contribution is 5.88. The number of aliphatic hydroxyl groups is 2. The number of aromatic hydroxyl groups is 1. The SMILES string of the molecule is CN1C(=O)[C@@](C)(O)[C@@H](O)[C@@H]1Cc1ccc(O)cc1. The van der Waals surface area contributed by atoms with Gasteiger partial charge in [-0.15, -0.1) is 0 Å². The smallest absolute Gasteiger partial charge is 0.257 e. The van der Waals surface area contributed by atoms with Crippen LogP contribution in [0.2, 0.25) is 0 Å². The van der Waals surface area contributed by atoms with Gasteiger partial charge in [0.25, 0.3) is 5.91 Å². The Morgan fingerprint density at radius 3 is 2.33 bits per heavy atom. The number of aliphatic hydroxyl groups excluding tert-OH is 1. The van der Waals surface area contributed by atoms with Crippen molar-refractivity contribution < 1.29 is 20.1 Å². The molecule has 1 aromatic rings. The van der Waals surface area contributed by atoms with Crippen LogP contribution in [0.3, 0.4) is 0 Å². The van der Waals surface area contributed by atoms with Gasteiger partial charge in [-0.1, -0.05) is 12.1 Å². The van der Waals surface area contributed by atoms with Gasteiger partial charge in [-0.2, -0.15) is 0 Å². The van der Waals surface area contributed by atoms with Crippen LogP contribution in [-0.4, -0.2) is 50.9 Å². The van der Waals surface area contributed by atoms with E-state index in [9.17, 15) is 20.1 Å². The number of hydrogen-bond acceptors (Lipinski definition) is 4. The first-order valence-electron chi connectivity index (χ1n) is 5.79. The van der Waals surface area contributed by atoms with Crippen molar-refractivity contribution in [2.75, 3.05) is 7.05 Å². The number of phenolic OH excluding ortho intramolecular Hbond substituents is 1. The Hall–Kier alpha value is -1.59. The van der Waals surface area contributed by atoms with Crippen molar-refractivity contribution in [2.45, 2.75) is 31.1 Å². The number of phenols is 1. The van der Waals surface area contributed by atoms with Gasteiger partial charge in [-0.05, 0) is 31.0 Å². The lowest BCUT2D eigenvalue weighted by Gasteiger charge is -2.22. The maximum atomic E-state index is 11.8. The predicted molar refractivity (Wildman–Crippen MR) is 65.0 cm³/mol. The minimum atomic E-state index is -1.73. The zero-order chi connectivity index (χ0) is 13.5. The van der Waals surface area contributed by atoms with Crippen LogP contribution >= 0.6 is 0 Å². The number of hydrogen-bond donors (Lipinski definition) is 3. The Kier molecular flexibility index (Phi) is 3.04. The van der Waals surface area contributed by atoms with E-state index in [0.717, 1.165) is 5.56 Å². The second-order valence-electron chi connectivity index (χ2n) is 4.95. The Labute approximate surface area is 105 Å². The topological polar surface area (TPSA) is 81.0 Å². The largest absolute Gasteiger partial charge is 0.508 e. The molecule has 1 heterocycles. The predicted octanol–water partition coefficient (Wildman–Crippen LogP) is -0.113. The Bertz CT molecular complexity index is 455. The number of nitrogens with zero attached hydrogens (tertiary/aromatic N) is 1. The van der Waals surface area contributed by atoms with Crippen molar-refractivity contribution in [3.8, 4) is 5.75 Å². The molecule has 1 amide bonds. The molecule has 0 spiro atoms. The molecular formula is C13H17NO4. The number of carbonyl (C=O) groups is 1. The van der Waals surface area contributed by atoms with Gasteiger partial charge in [0, 0.05) is 7.05 Å². The first-order chi connectivity index (χ1) is 8.34. The molecule has 98 valence electrons. The van der Waals surface area contributed by atoms with Crippen molar-refractivity contribution in [1.29, 1.82) is 0 Å². The normalized spacial score (nSPS) is 32.0. The molecule has 0 bridgehead atoms. The summed E-state index contributed by atoms with van der Waals surface area (Å²) in [6.45, 7) is 1.33. The molecule has 0 aromatic heterocycles. The van der Waals surface area contributed by atoms with E-state index in [4.69, 9.17) is 0 Å². The summed E-state index contributed by atoms with van der Waals surface area (Å²) in [6.07, 6.45) is -0.691. The first-order valence-corrected chi connectivity index (χ1v) is 5.79. The summed E-state index contributed by atoms with van der Waals surface area (Å²) in [7, 11) is 1.57. The molecule has 1 aliphatic rings. The fourth-order valence-corrected chi connectivity index (χ4v) is 2.34. The summed E-state index contributed by atoms with van der Waals surface area (Å²) in [6, 6.07) is 6.10. The van der Waals surface area contributed by atoms with Gasteiger partial charge in [-0.25, -0.2) is 0 Å². The van der Waals surface area contributed by atoms with Crippen LogP contribution in [0, 0.1) is 0 Å². The van der Waals surface area contributed by atoms with Gasteiger partial charge >= 0.3 is 0 Å². The summed E-state index contributed by atoms with van der Waals surface area (Å²) in [4.78, 5) is 13.1. The van der Waals surface area contributed by atoms with E-state index in [-0.39, 0.29) is 5.75 Å². The molecule has 1 aliphatic heterocycles. The summed E-state index contributed by atoms with van der Waals surface area (Å²) in [5.74, 6) is -0.305. The number of benzene rings is 1. The standard InChI is InChI=1S/C13H17NO4/c1-13(18)11(16)10(14(2)12(13)17)7-8-3-5-9(15)6-4-8/h3-6,10-11,15-16,18H,7H2,1-2H3/t10-,11-,13-/m0/s1. The van der Waals surface area contributed by atoms with Crippen molar-refractivity contribution in [2.24, 2.45) is 0 Å². The lowest BCUT2D eigenvalue weighted by molar-refractivity contribution is -0.144. The molecular weight excluding hydrogens is 234 g/mol.